The number of hydrogen-bond acceptors (Lipinski definition) is 3. The van der Waals surface area contributed by atoms with E-state index in [9.17, 15) is 13.2 Å². The number of benzene rings is 2. The van der Waals surface area contributed by atoms with Crippen LogP contribution in [0, 0.1) is 5.92 Å². The highest BCUT2D eigenvalue weighted by atomic mass is 35.5. The van der Waals surface area contributed by atoms with Crippen molar-refractivity contribution in [1.29, 1.82) is 0 Å². The number of nitrogens with zero attached hydrogens (tertiary/aromatic N) is 1. The number of carboxylic acids is 1. The summed E-state index contributed by atoms with van der Waals surface area (Å²) in [4.78, 5) is 11.3. The molecule has 0 saturated carbocycles. The number of aliphatic carboxylic acids is 1. The van der Waals surface area contributed by atoms with Gasteiger partial charge in [-0.2, -0.15) is 13.2 Å². The van der Waals surface area contributed by atoms with Crippen molar-refractivity contribution in [3.63, 3.8) is 0 Å². The Balaban J connectivity index is 0.000000345. The molecule has 1 saturated heterocycles. The van der Waals surface area contributed by atoms with E-state index < -0.39 is 12.1 Å². The first-order valence-corrected chi connectivity index (χ1v) is 9.17. The minimum absolute atomic E-state index is 0.618. The van der Waals surface area contributed by atoms with E-state index >= 15 is 0 Å². The Labute approximate surface area is 170 Å². The Kier molecular flexibility index (Phi) is 7.98. The first-order chi connectivity index (χ1) is 13.2. The number of carboxylic acid groups (broad SMARTS) is 1. The van der Waals surface area contributed by atoms with Crippen LogP contribution in [0.1, 0.15) is 5.56 Å². The second-order valence-corrected chi connectivity index (χ2v) is 7.04. The molecule has 152 valence electrons. The molecule has 0 spiro atoms. The maximum absolute atomic E-state index is 10.6. The van der Waals surface area contributed by atoms with Gasteiger partial charge in [0.05, 0.1) is 10.0 Å². The maximum atomic E-state index is 10.6. The molecule has 0 amide bonds. The number of halogens is 5. The monoisotopic (exact) mass is 434 g/mol. The minimum Gasteiger partial charge on any atom is -0.475 e. The van der Waals surface area contributed by atoms with E-state index in [1.807, 2.05) is 24.3 Å². The maximum Gasteiger partial charge on any atom is 0.490 e. The zero-order chi connectivity index (χ0) is 20.7. The first kappa shape index (κ1) is 22.3. The molecule has 0 bridgehead atoms. The average molecular weight is 435 g/mol. The van der Waals surface area contributed by atoms with E-state index in [0.717, 1.165) is 31.7 Å². The van der Waals surface area contributed by atoms with Crippen LogP contribution in [0.15, 0.2) is 48.5 Å². The molecule has 9 heteroatoms. The Bertz CT molecular complexity index is 784. The summed E-state index contributed by atoms with van der Waals surface area (Å²) in [6.45, 7) is 3.99. The number of hydrogen-bond donors (Lipinski definition) is 2. The molecule has 2 aromatic carbocycles. The molecule has 0 aromatic heterocycles. The molecule has 3 rings (SSSR count). The summed E-state index contributed by atoms with van der Waals surface area (Å²) in [6, 6.07) is 16.3. The number of carbonyl (C=O) groups is 1. The Morgan fingerprint density at radius 3 is 2.21 bits per heavy atom. The molecule has 1 aliphatic heterocycles. The summed E-state index contributed by atoms with van der Waals surface area (Å²) < 4.78 is 31.7. The fraction of sp³-hybridized carbons (Fsp3) is 0.316. The van der Waals surface area contributed by atoms with Crippen LogP contribution >= 0.6 is 23.2 Å². The fourth-order valence-electron chi connectivity index (χ4n) is 2.57. The van der Waals surface area contributed by atoms with Gasteiger partial charge in [-0.25, -0.2) is 4.79 Å². The lowest BCUT2D eigenvalue weighted by molar-refractivity contribution is -0.192. The van der Waals surface area contributed by atoms with E-state index in [1.165, 1.54) is 5.69 Å². The quantitative estimate of drug-likeness (QED) is 0.705. The van der Waals surface area contributed by atoms with Crippen LogP contribution in [0.4, 0.5) is 18.9 Å². The summed E-state index contributed by atoms with van der Waals surface area (Å²) in [5.74, 6) is -2.06. The van der Waals surface area contributed by atoms with Crippen LogP contribution in [0.25, 0.3) is 0 Å². The SMILES string of the molecule is Clc1cccc(CN(CC2CNC2)c2ccccc2)c1Cl.O=C(O)C(F)(F)F. The van der Waals surface area contributed by atoms with Gasteiger partial charge in [0.15, 0.2) is 0 Å². The number of rotatable bonds is 5. The second-order valence-electron chi connectivity index (χ2n) is 6.26. The van der Waals surface area contributed by atoms with Crippen molar-refractivity contribution in [3.8, 4) is 0 Å². The van der Waals surface area contributed by atoms with Crippen LogP contribution in [0.5, 0.6) is 0 Å². The molecule has 1 aliphatic rings. The van der Waals surface area contributed by atoms with Gasteiger partial charge in [0, 0.05) is 37.8 Å². The van der Waals surface area contributed by atoms with Crippen molar-refractivity contribution < 1.29 is 23.1 Å². The van der Waals surface area contributed by atoms with Crippen molar-refractivity contribution in [3.05, 3.63) is 64.1 Å². The molecule has 1 heterocycles. The van der Waals surface area contributed by atoms with Crippen molar-refractivity contribution in [1.82, 2.24) is 5.32 Å². The average Bonchev–Trinajstić information content (AvgIpc) is 2.61. The smallest absolute Gasteiger partial charge is 0.475 e. The molecule has 28 heavy (non-hydrogen) atoms. The zero-order valence-corrected chi connectivity index (χ0v) is 16.2. The predicted molar refractivity (Wildman–Crippen MR) is 104 cm³/mol. The highest BCUT2D eigenvalue weighted by molar-refractivity contribution is 6.42. The van der Waals surface area contributed by atoms with Gasteiger partial charge in [0.1, 0.15) is 0 Å². The third kappa shape index (κ3) is 6.58. The lowest BCUT2D eigenvalue weighted by Crippen LogP contribution is -2.48. The predicted octanol–water partition coefficient (Wildman–Crippen LogP) is 4.85. The summed E-state index contributed by atoms with van der Waals surface area (Å²) in [6.07, 6.45) is -5.08. The molecule has 2 N–H and O–H groups in total. The lowest BCUT2D eigenvalue weighted by Gasteiger charge is -2.34. The normalized spacial score (nSPS) is 13.9. The lowest BCUT2D eigenvalue weighted by atomic mass is 10.0. The highest BCUT2D eigenvalue weighted by Gasteiger charge is 2.38. The molecule has 1 fully saturated rings. The third-order valence-electron chi connectivity index (χ3n) is 4.10. The zero-order valence-electron chi connectivity index (χ0n) is 14.7. The summed E-state index contributed by atoms with van der Waals surface area (Å²) in [7, 11) is 0. The summed E-state index contributed by atoms with van der Waals surface area (Å²) in [5, 5.41) is 11.7. The second kappa shape index (κ2) is 10.0. The van der Waals surface area contributed by atoms with Gasteiger partial charge < -0.3 is 15.3 Å². The van der Waals surface area contributed by atoms with E-state index in [-0.39, 0.29) is 0 Å². The van der Waals surface area contributed by atoms with Crippen LogP contribution in [0.3, 0.4) is 0 Å². The molecular formula is C19H19Cl2F3N2O2. The van der Waals surface area contributed by atoms with Gasteiger partial charge in [-0.05, 0) is 23.8 Å². The molecular weight excluding hydrogens is 416 g/mol. The van der Waals surface area contributed by atoms with Crippen molar-refractivity contribution >= 4 is 34.9 Å². The molecule has 0 unspecified atom stereocenters. The van der Waals surface area contributed by atoms with Crippen LogP contribution in [0.2, 0.25) is 10.0 Å². The first-order valence-electron chi connectivity index (χ1n) is 8.42. The van der Waals surface area contributed by atoms with Crippen LogP contribution < -0.4 is 10.2 Å². The van der Waals surface area contributed by atoms with Crippen LogP contribution in [-0.2, 0) is 11.3 Å². The third-order valence-corrected chi connectivity index (χ3v) is 4.96. The molecule has 0 atom stereocenters. The van der Waals surface area contributed by atoms with Gasteiger partial charge >= 0.3 is 12.1 Å². The Morgan fingerprint density at radius 2 is 1.71 bits per heavy atom. The number of anilines is 1. The van der Waals surface area contributed by atoms with E-state index in [0.29, 0.717) is 16.0 Å². The summed E-state index contributed by atoms with van der Waals surface area (Å²) >= 11 is 12.5. The largest absolute Gasteiger partial charge is 0.490 e. The number of para-hydroxylation sites is 1. The Hall–Kier alpha value is -1.96. The van der Waals surface area contributed by atoms with E-state index in [4.69, 9.17) is 33.1 Å². The van der Waals surface area contributed by atoms with E-state index in [2.05, 4.69) is 34.5 Å². The van der Waals surface area contributed by atoms with Crippen LogP contribution in [-0.4, -0.2) is 36.9 Å². The van der Waals surface area contributed by atoms with Gasteiger partial charge in [0.2, 0.25) is 0 Å². The van der Waals surface area contributed by atoms with E-state index in [1.54, 1.807) is 0 Å². The van der Waals surface area contributed by atoms with Gasteiger partial charge in [-0.1, -0.05) is 53.5 Å². The highest BCUT2D eigenvalue weighted by Crippen LogP contribution is 2.28. The molecule has 0 aliphatic carbocycles. The topological polar surface area (TPSA) is 52.6 Å². The van der Waals surface area contributed by atoms with Gasteiger partial charge in [-0.3, -0.25) is 0 Å². The van der Waals surface area contributed by atoms with Crippen molar-refractivity contribution in [2.24, 2.45) is 5.92 Å². The number of nitrogens with one attached hydrogen (secondary N) is 1. The van der Waals surface area contributed by atoms with Crippen molar-refractivity contribution in [2.45, 2.75) is 12.7 Å². The molecule has 0 radical (unpaired) electrons. The van der Waals surface area contributed by atoms with Gasteiger partial charge in [0.25, 0.3) is 0 Å². The fourth-order valence-corrected chi connectivity index (χ4v) is 2.95. The van der Waals surface area contributed by atoms with Crippen molar-refractivity contribution in [2.75, 3.05) is 24.5 Å². The molecule has 2 aromatic rings. The number of alkyl halides is 3. The molecule has 4 nitrogen and oxygen atoms in total. The minimum atomic E-state index is -5.08. The van der Waals surface area contributed by atoms with Gasteiger partial charge in [-0.15, -0.1) is 0 Å². The standard InChI is InChI=1S/C17H18Cl2N2.C2HF3O2/c18-16-8-4-5-14(17(16)19)12-21(11-13-9-20-10-13)15-6-2-1-3-7-15;3-2(4,5)1(6)7/h1-8,13,20H,9-12H2;(H,6,7). The summed E-state index contributed by atoms with van der Waals surface area (Å²) in [5.41, 5.74) is 2.29. The Morgan fingerprint density at radius 1 is 1.11 bits per heavy atom.